The van der Waals surface area contributed by atoms with Gasteiger partial charge in [0.15, 0.2) is 0 Å². The quantitative estimate of drug-likeness (QED) is 0.206. The molecule has 0 aliphatic heterocycles. The predicted molar refractivity (Wildman–Crippen MR) is 94.0 cm³/mol. The second kappa shape index (κ2) is 11.4. The SMILES string of the molecule is C/C=C(/CC)CCCCCOC(=O)C(=O)/C=C/c1ccccc1. The second-order valence-corrected chi connectivity index (χ2v) is 5.36. The number of hydrogen-bond donors (Lipinski definition) is 0. The topological polar surface area (TPSA) is 43.4 Å². The molecule has 0 saturated heterocycles. The molecule has 0 aliphatic carbocycles. The summed E-state index contributed by atoms with van der Waals surface area (Å²) in [6.07, 6.45) is 10.1. The van der Waals surface area contributed by atoms with E-state index in [4.69, 9.17) is 4.74 Å². The Bertz CT molecular complexity index is 541. The largest absolute Gasteiger partial charge is 0.460 e. The van der Waals surface area contributed by atoms with Crippen LogP contribution in [0.25, 0.3) is 6.08 Å². The number of unbranched alkanes of at least 4 members (excludes halogenated alkanes) is 2. The van der Waals surface area contributed by atoms with E-state index >= 15 is 0 Å². The van der Waals surface area contributed by atoms with Crippen LogP contribution < -0.4 is 0 Å². The first kappa shape index (κ1) is 18.9. The Balaban J connectivity index is 2.18. The van der Waals surface area contributed by atoms with Crippen molar-refractivity contribution < 1.29 is 14.3 Å². The normalized spacial score (nSPS) is 11.7. The van der Waals surface area contributed by atoms with Crippen molar-refractivity contribution in [1.82, 2.24) is 0 Å². The van der Waals surface area contributed by atoms with Gasteiger partial charge in [0.1, 0.15) is 0 Å². The van der Waals surface area contributed by atoms with Crippen LogP contribution in [0.1, 0.15) is 51.5 Å². The van der Waals surface area contributed by atoms with E-state index in [1.807, 2.05) is 30.3 Å². The van der Waals surface area contributed by atoms with Crippen LogP contribution in [-0.4, -0.2) is 18.4 Å². The Morgan fingerprint density at radius 2 is 1.83 bits per heavy atom. The molecule has 3 heteroatoms. The second-order valence-electron chi connectivity index (χ2n) is 5.36. The maximum Gasteiger partial charge on any atom is 0.379 e. The molecule has 0 unspecified atom stereocenters. The zero-order valence-electron chi connectivity index (χ0n) is 14.1. The number of carbonyl (C=O) groups excluding carboxylic acids is 2. The summed E-state index contributed by atoms with van der Waals surface area (Å²) in [5.74, 6) is -1.39. The van der Waals surface area contributed by atoms with E-state index in [0.717, 1.165) is 37.7 Å². The third kappa shape index (κ3) is 8.15. The summed E-state index contributed by atoms with van der Waals surface area (Å²) in [6, 6.07) is 9.38. The summed E-state index contributed by atoms with van der Waals surface area (Å²) in [4.78, 5) is 23.2. The Morgan fingerprint density at radius 1 is 1.09 bits per heavy atom. The van der Waals surface area contributed by atoms with E-state index in [1.165, 1.54) is 11.6 Å². The predicted octanol–water partition coefficient (Wildman–Crippen LogP) is 4.73. The number of benzene rings is 1. The average Bonchev–Trinajstić information content (AvgIpc) is 2.59. The zero-order valence-corrected chi connectivity index (χ0v) is 14.1. The van der Waals surface area contributed by atoms with Gasteiger partial charge in [0, 0.05) is 0 Å². The molecule has 0 radical (unpaired) electrons. The molecule has 3 nitrogen and oxygen atoms in total. The molecule has 1 aromatic carbocycles. The minimum atomic E-state index is -0.778. The van der Waals surface area contributed by atoms with Crippen LogP contribution in [0, 0.1) is 0 Å². The first-order chi connectivity index (χ1) is 11.2. The van der Waals surface area contributed by atoms with Crippen LogP contribution in [0.4, 0.5) is 0 Å². The van der Waals surface area contributed by atoms with Gasteiger partial charge < -0.3 is 4.74 Å². The molecule has 23 heavy (non-hydrogen) atoms. The van der Waals surface area contributed by atoms with Gasteiger partial charge in [0.25, 0.3) is 5.78 Å². The van der Waals surface area contributed by atoms with E-state index < -0.39 is 11.8 Å². The summed E-state index contributed by atoms with van der Waals surface area (Å²) >= 11 is 0. The van der Waals surface area contributed by atoms with Crippen molar-refractivity contribution in [2.45, 2.75) is 46.0 Å². The molecule has 1 aromatic rings. The molecule has 0 aromatic heterocycles. The molecule has 1 rings (SSSR count). The molecular weight excluding hydrogens is 288 g/mol. The van der Waals surface area contributed by atoms with Crippen LogP contribution >= 0.6 is 0 Å². The Morgan fingerprint density at radius 3 is 2.48 bits per heavy atom. The number of hydrogen-bond acceptors (Lipinski definition) is 3. The van der Waals surface area contributed by atoms with Gasteiger partial charge in [0.2, 0.25) is 0 Å². The van der Waals surface area contributed by atoms with Crippen molar-refractivity contribution >= 4 is 17.8 Å². The third-order valence-electron chi connectivity index (χ3n) is 3.67. The van der Waals surface area contributed by atoms with Crippen molar-refractivity contribution in [3.05, 3.63) is 53.6 Å². The fourth-order valence-corrected chi connectivity index (χ4v) is 2.20. The molecule has 0 heterocycles. The van der Waals surface area contributed by atoms with Gasteiger partial charge >= 0.3 is 5.97 Å². The van der Waals surface area contributed by atoms with Crippen molar-refractivity contribution in [2.24, 2.45) is 0 Å². The maximum absolute atomic E-state index is 11.6. The average molecular weight is 314 g/mol. The van der Waals surface area contributed by atoms with E-state index in [9.17, 15) is 9.59 Å². The molecule has 0 N–H and O–H groups in total. The highest BCUT2D eigenvalue weighted by Crippen LogP contribution is 2.12. The molecule has 0 amide bonds. The summed E-state index contributed by atoms with van der Waals surface area (Å²) in [6.45, 7) is 4.53. The highest BCUT2D eigenvalue weighted by atomic mass is 16.5. The Hall–Kier alpha value is -2.16. The van der Waals surface area contributed by atoms with Crippen LogP contribution in [0.15, 0.2) is 48.1 Å². The van der Waals surface area contributed by atoms with Crippen LogP contribution in [0.5, 0.6) is 0 Å². The van der Waals surface area contributed by atoms with Crippen molar-refractivity contribution in [1.29, 1.82) is 0 Å². The third-order valence-corrected chi connectivity index (χ3v) is 3.67. The highest BCUT2D eigenvalue weighted by molar-refractivity contribution is 6.39. The fourth-order valence-electron chi connectivity index (χ4n) is 2.20. The van der Waals surface area contributed by atoms with E-state index in [1.54, 1.807) is 6.08 Å². The molecule has 0 bridgehead atoms. The maximum atomic E-state index is 11.6. The summed E-state index contributed by atoms with van der Waals surface area (Å²) in [7, 11) is 0. The smallest absolute Gasteiger partial charge is 0.379 e. The molecule has 0 aliphatic rings. The number of allylic oxidation sites excluding steroid dienone is 2. The van der Waals surface area contributed by atoms with E-state index in [-0.39, 0.29) is 0 Å². The van der Waals surface area contributed by atoms with Crippen LogP contribution in [0.2, 0.25) is 0 Å². The van der Waals surface area contributed by atoms with Gasteiger partial charge in [-0.15, -0.1) is 0 Å². The summed E-state index contributed by atoms with van der Waals surface area (Å²) < 4.78 is 5.00. The van der Waals surface area contributed by atoms with Gasteiger partial charge in [-0.25, -0.2) is 4.79 Å². The number of carbonyl (C=O) groups is 2. The molecule has 0 fully saturated rings. The summed E-state index contributed by atoms with van der Waals surface area (Å²) in [5, 5.41) is 0. The van der Waals surface area contributed by atoms with Gasteiger partial charge in [-0.2, -0.15) is 0 Å². The Labute approximate surface area is 139 Å². The monoisotopic (exact) mass is 314 g/mol. The van der Waals surface area contributed by atoms with Crippen molar-refractivity contribution in [3.63, 3.8) is 0 Å². The lowest BCUT2D eigenvalue weighted by atomic mass is 10.1. The number of rotatable bonds is 10. The van der Waals surface area contributed by atoms with E-state index in [0.29, 0.717) is 6.61 Å². The lowest BCUT2D eigenvalue weighted by Crippen LogP contribution is -2.15. The van der Waals surface area contributed by atoms with E-state index in [2.05, 4.69) is 19.9 Å². The lowest BCUT2D eigenvalue weighted by Gasteiger charge is -2.04. The summed E-state index contributed by atoms with van der Waals surface area (Å²) in [5.41, 5.74) is 2.34. The first-order valence-corrected chi connectivity index (χ1v) is 8.25. The molecule has 0 saturated carbocycles. The molecule has 124 valence electrons. The molecule has 0 atom stereocenters. The van der Waals surface area contributed by atoms with Crippen LogP contribution in [0.3, 0.4) is 0 Å². The first-order valence-electron chi connectivity index (χ1n) is 8.25. The molecular formula is C20H26O3. The van der Waals surface area contributed by atoms with Gasteiger partial charge in [-0.3, -0.25) is 4.79 Å². The minimum absolute atomic E-state index is 0.307. The lowest BCUT2D eigenvalue weighted by molar-refractivity contribution is -0.151. The Kier molecular flexibility index (Phi) is 9.37. The van der Waals surface area contributed by atoms with Gasteiger partial charge in [0.05, 0.1) is 6.61 Å². The standard InChI is InChI=1S/C20H26O3/c1-3-17(4-2)11-9-6-10-16-23-20(22)19(21)15-14-18-12-7-5-8-13-18/h3,5,7-8,12-15H,4,6,9-11,16H2,1-2H3/b15-14+,17-3-. The van der Waals surface area contributed by atoms with Crippen molar-refractivity contribution in [2.75, 3.05) is 6.61 Å². The van der Waals surface area contributed by atoms with Gasteiger partial charge in [-0.05, 0) is 50.7 Å². The number of ether oxygens (including phenoxy) is 1. The molecule has 0 spiro atoms. The minimum Gasteiger partial charge on any atom is -0.460 e. The fraction of sp³-hybridized carbons (Fsp3) is 0.400. The number of ketones is 1. The van der Waals surface area contributed by atoms with Crippen molar-refractivity contribution in [3.8, 4) is 0 Å². The zero-order chi connectivity index (χ0) is 16.9. The van der Waals surface area contributed by atoms with Gasteiger partial charge in [-0.1, -0.05) is 55.0 Å². The van der Waals surface area contributed by atoms with Crippen LogP contribution in [-0.2, 0) is 14.3 Å². The number of esters is 1. The highest BCUT2D eigenvalue weighted by Gasteiger charge is 2.11.